The van der Waals surface area contributed by atoms with Crippen LogP contribution >= 0.6 is 0 Å². The number of terminal acetylenes is 1. The summed E-state index contributed by atoms with van der Waals surface area (Å²) in [5, 5.41) is 2.62. The highest BCUT2D eigenvalue weighted by atomic mass is 16.5. The second-order valence-corrected chi connectivity index (χ2v) is 5.67. The molecule has 0 aliphatic rings. The first-order valence-corrected chi connectivity index (χ1v) is 8.10. The predicted octanol–water partition coefficient (Wildman–Crippen LogP) is 3.79. The van der Waals surface area contributed by atoms with E-state index in [1.165, 1.54) is 11.1 Å². The Hall–Kier alpha value is -3.13. The first-order valence-electron chi connectivity index (χ1n) is 8.10. The van der Waals surface area contributed by atoms with Gasteiger partial charge in [-0.1, -0.05) is 35.7 Å². The zero-order valence-corrected chi connectivity index (χ0v) is 14.6. The van der Waals surface area contributed by atoms with Gasteiger partial charge in [-0.2, -0.15) is 0 Å². The molecule has 0 spiro atoms. The monoisotopic (exact) mass is 337 g/mol. The number of rotatable bonds is 6. The van der Waals surface area contributed by atoms with Crippen LogP contribution in [0.25, 0.3) is 0 Å². The topological polar surface area (TPSA) is 67.6 Å². The third-order valence-electron chi connectivity index (χ3n) is 3.65. The van der Waals surface area contributed by atoms with Gasteiger partial charge in [0.15, 0.2) is 0 Å². The summed E-state index contributed by atoms with van der Waals surface area (Å²) in [5.41, 5.74) is 10.3. The lowest BCUT2D eigenvalue weighted by Crippen LogP contribution is -2.23. The Bertz CT molecular complexity index is 781. The van der Waals surface area contributed by atoms with E-state index in [2.05, 4.69) is 41.3 Å². The van der Waals surface area contributed by atoms with E-state index < -0.39 is 6.09 Å². The lowest BCUT2D eigenvalue weighted by molar-refractivity contribution is 0.168. The second kappa shape index (κ2) is 8.65. The van der Waals surface area contributed by atoms with Crippen LogP contribution in [0.2, 0.25) is 0 Å². The van der Waals surface area contributed by atoms with E-state index in [1.807, 2.05) is 12.1 Å². The largest absolute Gasteiger partial charge is 0.450 e. The number of anilines is 3. The minimum absolute atomic E-state index is 0.302. The van der Waals surface area contributed by atoms with Gasteiger partial charge in [0.2, 0.25) is 0 Å². The molecule has 25 heavy (non-hydrogen) atoms. The van der Waals surface area contributed by atoms with Crippen molar-refractivity contribution in [3.8, 4) is 12.3 Å². The Morgan fingerprint density at radius 3 is 2.76 bits per heavy atom. The summed E-state index contributed by atoms with van der Waals surface area (Å²) in [6.07, 6.45) is 5.00. The summed E-state index contributed by atoms with van der Waals surface area (Å²) in [7, 11) is 0. The van der Waals surface area contributed by atoms with E-state index in [1.54, 1.807) is 19.1 Å². The van der Waals surface area contributed by atoms with Crippen LogP contribution in [0.4, 0.5) is 21.9 Å². The SMILES string of the molecule is C#CCN(Cc1cccc(C)c1)c1ccc(NC(=O)OCC)c(N)c1. The fourth-order valence-corrected chi connectivity index (χ4v) is 2.52. The molecule has 3 N–H and O–H groups in total. The summed E-state index contributed by atoms with van der Waals surface area (Å²) < 4.78 is 4.86. The van der Waals surface area contributed by atoms with Crippen LogP contribution in [0.5, 0.6) is 0 Å². The number of nitrogens with one attached hydrogen (secondary N) is 1. The average Bonchev–Trinajstić information content (AvgIpc) is 2.56. The van der Waals surface area contributed by atoms with Crippen molar-refractivity contribution in [3.63, 3.8) is 0 Å². The first-order chi connectivity index (χ1) is 12.0. The second-order valence-electron chi connectivity index (χ2n) is 5.67. The molecule has 0 aromatic heterocycles. The standard InChI is InChI=1S/C20H23N3O2/c1-4-11-23(14-16-8-6-7-15(3)12-16)17-9-10-19(18(21)13-17)22-20(24)25-5-2/h1,6-10,12-13H,5,11,14,21H2,2-3H3,(H,22,24). The number of amides is 1. The van der Waals surface area contributed by atoms with Crippen LogP contribution in [0.1, 0.15) is 18.1 Å². The van der Waals surface area contributed by atoms with Crippen LogP contribution in [-0.4, -0.2) is 19.2 Å². The van der Waals surface area contributed by atoms with E-state index in [9.17, 15) is 4.79 Å². The molecule has 5 heteroatoms. The number of benzene rings is 2. The van der Waals surface area contributed by atoms with Crippen LogP contribution in [0.3, 0.4) is 0 Å². The van der Waals surface area contributed by atoms with Gasteiger partial charge in [-0.25, -0.2) is 4.79 Å². The van der Waals surface area contributed by atoms with E-state index in [0.717, 1.165) is 5.69 Å². The van der Waals surface area contributed by atoms with Crippen molar-refractivity contribution in [1.29, 1.82) is 0 Å². The third-order valence-corrected chi connectivity index (χ3v) is 3.65. The van der Waals surface area contributed by atoms with Gasteiger partial charge < -0.3 is 15.4 Å². The maximum absolute atomic E-state index is 11.5. The quantitative estimate of drug-likeness (QED) is 0.622. The van der Waals surface area contributed by atoms with Crippen molar-refractivity contribution in [2.24, 2.45) is 0 Å². The smallest absolute Gasteiger partial charge is 0.411 e. The molecule has 0 heterocycles. The molecular weight excluding hydrogens is 314 g/mol. The molecule has 2 aromatic carbocycles. The van der Waals surface area contributed by atoms with E-state index in [4.69, 9.17) is 16.9 Å². The number of carbonyl (C=O) groups excluding carboxylic acids is 1. The Kier molecular flexibility index (Phi) is 6.30. The van der Waals surface area contributed by atoms with Crippen molar-refractivity contribution < 1.29 is 9.53 Å². The Labute approximate surface area is 148 Å². The van der Waals surface area contributed by atoms with E-state index in [-0.39, 0.29) is 0 Å². The average molecular weight is 337 g/mol. The number of carbonyl (C=O) groups is 1. The molecular formula is C20H23N3O2. The van der Waals surface area contributed by atoms with Crippen molar-refractivity contribution in [3.05, 3.63) is 53.6 Å². The molecule has 130 valence electrons. The number of aryl methyl sites for hydroxylation is 1. The van der Waals surface area contributed by atoms with Gasteiger partial charge in [-0.3, -0.25) is 5.32 Å². The molecule has 1 amide bonds. The third kappa shape index (κ3) is 5.18. The van der Waals surface area contributed by atoms with Crippen LogP contribution in [0.15, 0.2) is 42.5 Å². The number of nitrogen functional groups attached to an aromatic ring is 1. The minimum Gasteiger partial charge on any atom is -0.450 e. The summed E-state index contributed by atoms with van der Waals surface area (Å²) in [6.45, 7) is 5.24. The van der Waals surface area contributed by atoms with Crippen LogP contribution < -0.4 is 16.0 Å². The van der Waals surface area contributed by atoms with Crippen LogP contribution in [0, 0.1) is 19.3 Å². The lowest BCUT2D eigenvalue weighted by Gasteiger charge is -2.24. The Morgan fingerprint density at radius 1 is 1.32 bits per heavy atom. The van der Waals surface area contributed by atoms with Crippen molar-refractivity contribution >= 4 is 23.2 Å². The highest BCUT2D eigenvalue weighted by Gasteiger charge is 2.11. The molecule has 0 saturated carbocycles. The molecule has 0 unspecified atom stereocenters. The molecule has 0 aliphatic heterocycles. The van der Waals surface area contributed by atoms with Gasteiger partial charge in [-0.15, -0.1) is 6.42 Å². The highest BCUT2D eigenvalue weighted by molar-refractivity contribution is 5.89. The summed E-state index contributed by atoms with van der Waals surface area (Å²) in [4.78, 5) is 13.6. The highest BCUT2D eigenvalue weighted by Crippen LogP contribution is 2.26. The summed E-state index contributed by atoms with van der Waals surface area (Å²) in [6, 6.07) is 13.7. The van der Waals surface area contributed by atoms with E-state index >= 15 is 0 Å². The molecule has 2 aromatic rings. The van der Waals surface area contributed by atoms with Crippen molar-refractivity contribution in [2.45, 2.75) is 20.4 Å². The summed E-state index contributed by atoms with van der Waals surface area (Å²) >= 11 is 0. The molecule has 0 bridgehead atoms. The van der Waals surface area contributed by atoms with Gasteiger partial charge in [0, 0.05) is 12.2 Å². The van der Waals surface area contributed by atoms with Crippen molar-refractivity contribution in [2.75, 3.05) is 29.1 Å². The fraction of sp³-hybridized carbons (Fsp3) is 0.250. The van der Waals surface area contributed by atoms with Crippen molar-refractivity contribution in [1.82, 2.24) is 0 Å². The van der Waals surface area contributed by atoms with Gasteiger partial charge in [-0.05, 0) is 37.6 Å². The summed E-state index contributed by atoms with van der Waals surface area (Å²) in [5.74, 6) is 2.68. The normalized spacial score (nSPS) is 9.96. The Balaban J connectivity index is 2.19. The maximum atomic E-state index is 11.5. The first kappa shape index (κ1) is 18.2. The molecule has 5 nitrogen and oxygen atoms in total. The number of nitrogens with zero attached hydrogens (tertiary/aromatic N) is 1. The zero-order chi connectivity index (χ0) is 18.2. The maximum Gasteiger partial charge on any atom is 0.411 e. The molecule has 0 atom stereocenters. The molecule has 2 rings (SSSR count). The van der Waals surface area contributed by atoms with E-state index in [0.29, 0.717) is 31.1 Å². The number of nitrogens with two attached hydrogens (primary N) is 1. The zero-order valence-electron chi connectivity index (χ0n) is 14.6. The van der Waals surface area contributed by atoms with Gasteiger partial charge >= 0.3 is 6.09 Å². The van der Waals surface area contributed by atoms with Gasteiger partial charge in [0.25, 0.3) is 0 Å². The number of hydrogen-bond acceptors (Lipinski definition) is 4. The van der Waals surface area contributed by atoms with Crippen LogP contribution in [-0.2, 0) is 11.3 Å². The van der Waals surface area contributed by atoms with Gasteiger partial charge in [0.1, 0.15) is 0 Å². The molecule has 0 radical (unpaired) electrons. The minimum atomic E-state index is -0.526. The molecule has 0 saturated heterocycles. The number of ether oxygens (including phenoxy) is 1. The number of hydrogen-bond donors (Lipinski definition) is 2. The van der Waals surface area contributed by atoms with Gasteiger partial charge in [0.05, 0.1) is 24.5 Å². The molecule has 0 fully saturated rings. The molecule has 0 aliphatic carbocycles. The fourth-order valence-electron chi connectivity index (χ4n) is 2.52. The predicted molar refractivity (Wildman–Crippen MR) is 103 cm³/mol. The lowest BCUT2D eigenvalue weighted by atomic mass is 10.1. The Morgan fingerprint density at radius 2 is 2.12 bits per heavy atom.